The van der Waals surface area contributed by atoms with Crippen molar-refractivity contribution in [2.75, 3.05) is 14.2 Å². The van der Waals surface area contributed by atoms with Gasteiger partial charge in [-0.1, -0.05) is 12.1 Å². The molecule has 0 aliphatic rings. The Bertz CT molecular complexity index is 803. The van der Waals surface area contributed by atoms with Crippen molar-refractivity contribution in [1.29, 1.82) is 0 Å². The number of carbonyl (C=O) groups is 2. The van der Waals surface area contributed by atoms with Gasteiger partial charge in [-0.25, -0.2) is 4.79 Å². The Morgan fingerprint density at radius 1 is 1.07 bits per heavy atom. The molecule has 0 aliphatic carbocycles. The Morgan fingerprint density at radius 3 is 2.30 bits per heavy atom. The average Bonchev–Trinajstić information content (AvgIpc) is 2.66. The Morgan fingerprint density at radius 2 is 1.74 bits per heavy atom. The minimum Gasteiger partial charge on any atom is -0.497 e. The van der Waals surface area contributed by atoms with Crippen molar-refractivity contribution in [2.24, 2.45) is 0 Å². The van der Waals surface area contributed by atoms with Crippen LogP contribution in [0.1, 0.15) is 21.5 Å². The predicted molar refractivity (Wildman–Crippen MR) is 91.4 cm³/mol. The van der Waals surface area contributed by atoms with Crippen LogP contribution < -0.4 is 10.1 Å². The van der Waals surface area contributed by atoms with E-state index in [1.54, 1.807) is 24.3 Å². The third-order valence-corrected chi connectivity index (χ3v) is 3.84. The molecule has 0 spiro atoms. The Balaban J connectivity index is 2.15. The van der Waals surface area contributed by atoms with Crippen LogP contribution in [-0.4, -0.2) is 32.1 Å². The molecule has 0 aromatic heterocycles. The fourth-order valence-corrected chi connectivity index (χ4v) is 2.42. The van der Waals surface area contributed by atoms with Gasteiger partial charge in [0, 0.05) is 12.0 Å². The summed E-state index contributed by atoms with van der Waals surface area (Å²) in [5.41, 5.74) is -0.139. The number of amides is 1. The quantitative estimate of drug-likeness (QED) is 0.781. The van der Waals surface area contributed by atoms with E-state index in [0.29, 0.717) is 5.75 Å². The Hall–Kier alpha value is -3.03. The minimum atomic E-state index is -4.49. The molecule has 0 aliphatic heterocycles. The van der Waals surface area contributed by atoms with Crippen LogP contribution in [0.3, 0.4) is 0 Å². The first-order chi connectivity index (χ1) is 12.7. The Labute approximate surface area is 154 Å². The van der Waals surface area contributed by atoms with Gasteiger partial charge in [0.25, 0.3) is 5.91 Å². The molecule has 1 N–H and O–H groups in total. The lowest BCUT2D eigenvalue weighted by molar-refractivity contribution is -0.142. The third kappa shape index (κ3) is 5.47. The minimum absolute atomic E-state index is 0.00236. The van der Waals surface area contributed by atoms with Gasteiger partial charge in [-0.3, -0.25) is 4.79 Å². The molecule has 0 unspecified atom stereocenters. The van der Waals surface area contributed by atoms with Gasteiger partial charge in [-0.15, -0.1) is 0 Å². The number of hydrogen-bond acceptors (Lipinski definition) is 4. The van der Waals surface area contributed by atoms with E-state index in [4.69, 9.17) is 9.47 Å². The van der Waals surface area contributed by atoms with Gasteiger partial charge in [-0.2, -0.15) is 13.2 Å². The predicted octanol–water partition coefficient (Wildman–Crippen LogP) is 3.23. The van der Waals surface area contributed by atoms with Crippen molar-refractivity contribution in [3.05, 3.63) is 65.2 Å². The number of benzene rings is 2. The molecular formula is C19H18F3NO4. The van der Waals surface area contributed by atoms with Crippen molar-refractivity contribution < 1.29 is 32.2 Å². The number of halogens is 3. The summed E-state index contributed by atoms with van der Waals surface area (Å²) in [6, 6.07) is 9.65. The van der Waals surface area contributed by atoms with E-state index in [1.807, 2.05) is 0 Å². The molecule has 0 radical (unpaired) electrons. The highest BCUT2D eigenvalue weighted by Crippen LogP contribution is 2.29. The van der Waals surface area contributed by atoms with Crippen LogP contribution in [0.4, 0.5) is 13.2 Å². The van der Waals surface area contributed by atoms with Gasteiger partial charge in [0.2, 0.25) is 0 Å². The van der Waals surface area contributed by atoms with E-state index < -0.39 is 29.7 Å². The second kappa shape index (κ2) is 8.57. The fraction of sp³-hybridized carbons (Fsp3) is 0.263. The summed E-state index contributed by atoms with van der Waals surface area (Å²) in [6.45, 7) is 0. The molecule has 2 aromatic rings. The highest BCUT2D eigenvalue weighted by Gasteiger charge is 2.30. The largest absolute Gasteiger partial charge is 0.497 e. The fourth-order valence-electron chi connectivity index (χ4n) is 2.42. The monoisotopic (exact) mass is 381 g/mol. The number of hydrogen-bond donors (Lipinski definition) is 1. The van der Waals surface area contributed by atoms with Gasteiger partial charge in [0.15, 0.2) is 0 Å². The molecule has 0 saturated heterocycles. The van der Waals surface area contributed by atoms with Crippen LogP contribution in [0.5, 0.6) is 5.75 Å². The van der Waals surface area contributed by atoms with Crippen molar-refractivity contribution in [3.8, 4) is 5.75 Å². The lowest BCUT2D eigenvalue weighted by Gasteiger charge is -2.17. The van der Waals surface area contributed by atoms with Crippen molar-refractivity contribution >= 4 is 11.9 Å². The first-order valence-electron chi connectivity index (χ1n) is 7.93. The molecule has 0 saturated carbocycles. The average molecular weight is 381 g/mol. The Kier molecular flexibility index (Phi) is 6.44. The zero-order valence-corrected chi connectivity index (χ0v) is 14.7. The molecule has 8 heteroatoms. The van der Waals surface area contributed by atoms with Crippen LogP contribution in [0.25, 0.3) is 0 Å². The summed E-state index contributed by atoms with van der Waals surface area (Å²) >= 11 is 0. The first-order valence-corrected chi connectivity index (χ1v) is 7.93. The summed E-state index contributed by atoms with van der Waals surface area (Å²) in [4.78, 5) is 24.3. The van der Waals surface area contributed by atoms with Crippen molar-refractivity contribution in [2.45, 2.75) is 18.6 Å². The van der Waals surface area contributed by atoms with Crippen molar-refractivity contribution in [1.82, 2.24) is 5.32 Å². The molecule has 144 valence electrons. The van der Waals surface area contributed by atoms with Gasteiger partial charge in [0.05, 0.1) is 19.8 Å². The normalized spacial score (nSPS) is 12.2. The van der Waals surface area contributed by atoms with Gasteiger partial charge in [-0.05, 0) is 42.0 Å². The lowest BCUT2D eigenvalue weighted by Crippen LogP contribution is -2.43. The van der Waals surface area contributed by atoms with Crippen LogP contribution in [-0.2, 0) is 22.1 Å². The smallest absolute Gasteiger partial charge is 0.416 e. The number of methoxy groups -OCH3 is 2. The third-order valence-electron chi connectivity index (χ3n) is 3.84. The number of alkyl halides is 3. The van der Waals surface area contributed by atoms with E-state index in [9.17, 15) is 22.8 Å². The van der Waals surface area contributed by atoms with Crippen molar-refractivity contribution in [3.63, 3.8) is 0 Å². The number of rotatable bonds is 6. The van der Waals surface area contributed by atoms with Gasteiger partial charge < -0.3 is 14.8 Å². The van der Waals surface area contributed by atoms with Crippen LogP contribution >= 0.6 is 0 Å². The zero-order valence-electron chi connectivity index (χ0n) is 14.7. The molecule has 0 heterocycles. The van der Waals surface area contributed by atoms with Crippen LogP contribution in [0, 0.1) is 0 Å². The van der Waals surface area contributed by atoms with E-state index in [2.05, 4.69) is 5.32 Å². The molecule has 0 bridgehead atoms. The summed E-state index contributed by atoms with van der Waals surface area (Å²) in [7, 11) is 2.69. The van der Waals surface area contributed by atoms with Gasteiger partial charge in [0.1, 0.15) is 11.8 Å². The maximum atomic E-state index is 12.6. The second-order valence-electron chi connectivity index (χ2n) is 5.68. The molecule has 1 amide bonds. The van der Waals surface area contributed by atoms with Crippen LogP contribution in [0.2, 0.25) is 0 Å². The molecule has 27 heavy (non-hydrogen) atoms. The number of carbonyl (C=O) groups excluding carboxylic acids is 2. The maximum absolute atomic E-state index is 12.6. The highest BCUT2D eigenvalue weighted by molar-refractivity contribution is 5.96. The highest BCUT2D eigenvalue weighted by atomic mass is 19.4. The van der Waals surface area contributed by atoms with E-state index >= 15 is 0 Å². The molecule has 1 atom stereocenters. The molecule has 0 fully saturated rings. The lowest BCUT2D eigenvalue weighted by atomic mass is 10.0. The maximum Gasteiger partial charge on any atom is 0.416 e. The van der Waals surface area contributed by atoms with Crippen LogP contribution in [0.15, 0.2) is 48.5 Å². The second-order valence-corrected chi connectivity index (χ2v) is 5.68. The summed E-state index contributed by atoms with van der Waals surface area (Å²) in [6.07, 6.45) is -4.35. The summed E-state index contributed by atoms with van der Waals surface area (Å²) in [5, 5.41) is 2.49. The summed E-state index contributed by atoms with van der Waals surface area (Å²) < 4.78 is 47.7. The van der Waals surface area contributed by atoms with E-state index in [0.717, 1.165) is 29.8 Å². The zero-order chi connectivity index (χ0) is 20.0. The number of nitrogens with one attached hydrogen (secondary N) is 1. The summed E-state index contributed by atoms with van der Waals surface area (Å²) in [5.74, 6) is -0.759. The number of ether oxygens (including phenoxy) is 2. The topological polar surface area (TPSA) is 64.6 Å². The van der Waals surface area contributed by atoms with E-state index in [1.165, 1.54) is 14.2 Å². The molecule has 5 nitrogen and oxygen atoms in total. The standard InChI is InChI=1S/C19H18F3NO4/c1-26-15-5-3-4-12(10-15)11-16(18(25)27-2)23-17(24)13-6-8-14(9-7-13)19(20,21)22/h3-10,16H,11H2,1-2H3,(H,23,24)/t16-/m1/s1. The van der Waals surface area contributed by atoms with E-state index in [-0.39, 0.29) is 12.0 Å². The first kappa shape index (κ1) is 20.3. The molecular weight excluding hydrogens is 363 g/mol. The van der Waals surface area contributed by atoms with Gasteiger partial charge >= 0.3 is 12.1 Å². The number of esters is 1. The molecule has 2 rings (SSSR count). The SMILES string of the molecule is COC(=O)[C@@H](Cc1cccc(OC)c1)NC(=O)c1ccc(C(F)(F)F)cc1. The molecule has 2 aromatic carbocycles.